The Morgan fingerprint density at radius 1 is 1.12 bits per heavy atom. The first-order valence-corrected chi connectivity index (χ1v) is 9.80. The summed E-state index contributed by atoms with van der Waals surface area (Å²) in [5.41, 5.74) is 1.57. The summed E-state index contributed by atoms with van der Waals surface area (Å²) in [6, 6.07) is 7.04. The second-order valence-electron chi connectivity index (χ2n) is 7.64. The predicted octanol–water partition coefficient (Wildman–Crippen LogP) is 2.69. The van der Waals surface area contributed by atoms with Crippen molar-refractivity contribution in [2.24, 2.45) is 5.92 Å². The van der Waals surface area contributed by atoms with Gasteiger partial charge in [-0.2, -0.15) is 0 Å². The van der Waals surface area contributed by atoms with Gasteiger partial charge in [0.05, 0.1) is 0 Å². The molecule has 1 unspecified atom stereocenters. The van der Waals surface area contributed by atoms with Crippen molar-refractivity contribution in [2.75, 3.05) is 32.7 Å². The minimum atomic E-state index is -0.458. The van der Waals surface area contributed by atoms with Crippen molar-refractivity contribution in [3.63, 3.8) is 0 Å². The standard InChI is InChI=1S/C21H33N3O2/c1-5-10-23-11-13-24(14-12-23)21(26)19(15-16(2)3)22-20(25)18-9-7-6-8-17(18)4/h6-9,16,19H,5,10-15H2,1-4H3,(H,22,25). The molecule has 2 rings (SSSR count). The molecule has 5 nitrogen and oxygen atoms in total. The van der Waals surface area contributed by atoms with Gasteiger partial charge in [-0.25, -0.2) is 0 Å². The molecule has 0 radical (unpaired) electrons. The van der Waals surface area contributed by atoms with Gasteiger partial charge < -0.3 is 10.2 Å². The van der Waals surface area contributed by atoms with Gasteiger partial charge in [0, 0.05) is 31.7 Å². The Labute approximate surface area is 157 Å². The largest absolute Gasteiger partial charge is 0.340 e. The van der Waals surface area contributed by atoms with Crippen molar-refractivity contribution >= 4 is 11.8 Å². The summed E-state index contributed by atoms with van der Waals surface area (Å²) in [4.78, 5) is 30.0. The van der Waals surface area contributed by atoms with Crippen LogP contribution >= 0.6 is 0 Å². The molecule has 0 saturated carbocycles. The molecule has 0 aromatic heterocycles. The second-order valence-corrected chi connectivity index (χ2v) is 7.64. The fraction of sp³-hybridized carbons (Fsp3) is 0.619. The van der Waals surface area contributed by atoms with Crippen LogP contribution in [-0.4, -0.2) is 60.4 Å². The Balaban J connectivity index is 2.03. The van der Waals surface area contributed by atoms with Gasteiger partial charge in [-0.15, -0.1) is 0 Å². The maximum absolute atomic E-state index is 13.0. The number of piperazine rings is 1. The lowest BCUT2D eigenvalue weighted by molar-refractivity contribution is -0.135. The first kappa shape index (κ1) is 20.4. The van der Waals surface area contributed by atoms with Crippen molar-refractivity contribution in [1.29, 1.82) is 0 Å². The molecular formula is C21H33N3O2. The summed E-state index contributed by atoms with van der Waals surface area (Å²) >= 11 is 0. The Morgan fingerprint density at radius 3 is 2.35 bits per heavy atom. The molecule has 5 heteroatoms. The van der Waals surface area contributed by atoms with Crippen LogP contribution in [0.3, 0.4) is 0 Å². The maximum Gasteiger partial charge on any atom is 0.252 e. The van der Waals surface area contributed by atoms with E-state index in [1.807, 2.05) is 36.1 Å². The molecule has 1 aromatic carbocycles. The lowest BCUT2D eigenvalue weighted by Crippen LogP contribution is -2.55. The fourth-order valence-corrected chi connectivity index (χ4v) is 3.49. The summed E-state index contributed by atoms with van der Waals surface area (Å²) in [6.45, 7) is 12.7. The fourth-order valence-electron chi connectivity index (χ4n) is 3.49. The van der Waals surface area contributed by atoms with Crippen LogP contribution in [0.1, 0.15) is 49.5 Å². The molecular weight excluding hydrogens is 326 g/mol. The quantitative estimate of drug-likeness (QED) is 0.814. The normalized spacial score (nSPS) is 16.6. The Bertz CT molecular complexity index is 607. The van der Waals surface area contributed by atoms with Gasteiger partial charge in [0.15, 0.2) is 0 Å². The zero-order valence-electron chi connectivity index (χ0n) is 16.6. The number of nitrogens with zero attached hydrogens (tertiary/aromatic N) is 2. The number of amides is 2. The zero-order valence-corrected chi connectivity index (χ0v) is 16.6. The Hall–Kier alpha value is -1.88. The molecule has 1 atom stereocenters. The van der Waals surface area contributed by atoms with Gasteiger partial charge in [-0.3, -0.25) is 14.5 Å². The van der Waals surface area contributed by atoms with Gasteiger partial charge in [0.25, 0.3) is 5.91 Å². The second kappa shape index (κ2) is 9.72. The van der Waals surface area contributed by atoms with Crippen LogP contribution in [0.5, 0.6) is 0 Å². The average molecular weight is 360 g/mol. The number of nitrogens with one attached hydrogen (secondary N) is 1. The van der Waals surface area contributed by atoms with E-state index in [1.54, 1.807) is 0 Å². The van der Waals surface area contributed by atoms with Gasteiger partial charge >= 0.3 is 0 Å². The van der Waals surface area contributed by atoms with Crippen LogP contribution in [-0.2, 0) is 4.79 Å². The number of carbonyl (C=O) groups excluding carboxylic acids is 2. The minimum Gasteiger partial charge on any atom is -0.340 e. The summed E-state index contributed by atoms with van der Waals surface area (Å²) in [7, 11) is 0. The molecule has 144 valence electrons. The minimum absolute atomic E-state index is 0.0526. The highest BCUT2D eigenvalue weighted by Gasteiger charge is 2.29. The van der Waals surface area contributed by atoms with E-state index in [0.717, 1.165) is 44.7 Å². The molecule has 1 aliphatic heterocycles. The molecule has 1 N–H and O–H groups in total. The van der Waals surface area contributed by atoms with E-state index in [1.165, 1.54) is 0 Å². The van der Waals surface area contributed by atoms with Gasteiger partial charge in [-0.1, -0.05) is 39.0 Å². The van der Waals surface area contributed by atoms with E-state index in [0.29, 0.717) is 17.9 Å². The van der Waals surface area contributed by atoms with E-state index < -0.39 is 6.04 Å². The molecule has 1 aliphatic rings. The molecule has 1 heterocycles. The number of carbonyl (C=O) groups is 2. The highest BCUT2D eigenvalue weighted by molar-refractivity contribution is 5.98. The molecule has 1 saturated heterocycles. The number of aryl methyl sites for hydroxylation is 1. The van der Waals surface area contributed by atoms with E-state index in [-0.39, 0.29) is 11.8 Å². The van der Waals surface area contributed by atoms with E-state index >= 15 is 0 Å². The molecule has 1 aromatic rings. The first-order chi connectivity index (χ1) is 12.4. The lowest BCUT2D eigenvalue weighted by Gasteiger charge is -2.36. The van der Waals surface area contributed by atoms with E-state index in [2.05, 4.69) is 31.0 Å². The maximum atomic E-state index is 13.0. The SMILES string of the molecule is CCCN1CCN(C(=O)C(CC(C)C)NC(=O)c2ccccc2C)CC1. The smallest absolute Gasteiger partial charge is 0.252 e. The number of benzene rings is 1. The highest BCUT2D eigenvalue weighted by Crippen LogP contribution is 2.13. The Kier molecular flexibility index (Phi) is 7.64. The van der Waals surface area contributed by atoms with E-state index in [9.17, 15) is 9.59 Å². The van der Waals surface area contributed by atoms with Crippen molar-refractivity contribution in [1.82, 2.24) is 15.1 Å². The summed E-state index contributed by atoms with van der Waals surface area (Å²) < 4.78 is 0. The van der Waals surface area contributed by atoms with Gasteiger partial charge in [0.1, 0.15) is 6.04 Å². The predicted molar refractivity (Wildman–Crippen MR) is 105 cm³/mol. The monoisotopic (exact) mass is 359 g/mol. The van der Waals surface area contributed by atoms with Gasteiger partial charge in [0.2, 0.25) is 5.91 Å². The first-order valence-electron chi connectivity index (χ1n) is 9.80. The van der Waals surface area contributed by atoms with Crippen molar-refractivity contribution in [3.05, 3.63) is 35.4 Å². The highest BCUT2D eigenvalue weighted by atomic mass is 16.2. The lowest BCUT2D eigenvalue weighted by atomic mass is 10.0. The van der Waals surface area contributed by atoms with Crippen LogP contribution in [0.4, 0.5) is 0 Å². The van der Waals surface area contributed by atoms with Crippen LogP contribution in [0.2, 0.25) is 0 Å². The number of hydrogen-bond donors (Lipinski definition) is 1. The molecule has 0 aliphatic carbocycles. The van der Waals surface area contributed by atoms with Crippen LogP contribution in [0.15, 0.2) is 24.3 Å². The van der Waals surface area contributed by atoms with E-state index in [4.69, 9.17) is 0 Å². The average Bonchev–Trinajstić information content (AvgIpc) is 2.61. The summed E-state index contributed by atoms with van der Waals surface area (Å²) in [5.74, 6) is 0.228. The molecule has 0 bridgehead atoms. The summed E-state index contributed by atoms with van der Waals surface area (Å²) in [6.07, 6.45) is 1.79. The zero-order chi connectivity index (χ0) is 19.1. The third-order valence-corrected chi connectivity index (χ3v) is 4.92. The van der Waals surface area contributed by atoms with Crippen LogP contribution in [0, 0.1) is 12.8 Å². The molecule has 2 amide bonds. The molecule has 0 spiro atoms. The molecule has 1 fully saturated rings. The third-order valence-electron chi connectivity index (χ3n) is 4.92. The van der Waals surface area contributed by atoms with Crippen molar-refractivity contribution < 1.29 is 9.59 Å². The Morgan fingerprint density at radius 2 is 1.77 bits per heavy atom. The summed E-state index contributed by atoms with van der Waals surface area (Å²) in [5, 5.41) is 3.00. The number of hydrogen-bond acceptors (Lipinski definition) is 3. The van der Waals surface area contributed by atoms with Crippen LogP contribution < -0.4 is 5.32 Å². The van der Waals surface area contributed by atoms with Crippen molar-refractivity contribution in [2.45, 2.75) is 46.6 Å². The van der Waals surface area contributed by atoms with Crippen molar-refractivity contribution in [3.8, 4) is 0 Å². The number of rotatable bonds is 7. The third kappa shape index (κ3) is 5.56. The topological polar surface area (TPSA) is 52.6 Å². The molecule has 26 heavy (non-hydrogen) atoms. The van der Waals surface area contributed by atoms with Crippen LogP contribution in [0.25, 0.3) is 0 Å². The van der Waals surface area contributed by atoms with Gasteiger partial charge in [-0.05, 0) is 43.9 Å².